The zero-order chi connectivity index (χ0) is 7.84. The van der Waals surface area contributed by atoms with Gasteiger partial charge in [-0.25, -0.2) is 0 Å². The Balaban J connectivity index is 2.87. The average molecular weight is 170 g/mol. The molecule has 2 heterocycles. The summed E-state index contributed by atoms with van der Waals surface area (Å²) in [5.74, 6) is 0.238. The van der Waals surface area contributed by atoms with Crippen LogP contribution in [0.2, 0.25) is 5.15 Å². The molecule has 0 saturated heterocycles. The molecule has 2 aromatic rings. The van der Waals surface area contributed by atoms with Crippen LogP contribution in [-0.4, -0.2) is 19.8 Å². The summed E-state index contributed by atoms with van der Waals surface area (Å²) >= 11 is 5.60. The summed E-state index contributed by atoms with van der Waals surface area (Å²) < 4.78 is 1.38. The van der Waals surface area contributed by atoms with E-state index in [-0.39, 0.29) is 5.95 Å². The number of anilines is 1. The smallest absolute Gasteiger partial charge is 0.243 e. The molecule has 5 nitrogen and oxygen atoms in total. The van der Waals surface area contributed by atoms with Gasteiger partial charge in [0.15, 0.2) is 5.65 Å². The molecule has 0 aliphatic rings. The van der Waals surface area contributed by atoms with Gasteiger partial charge in [-0.1, -0.05) is 11.6 Å². The van der Waals surface area contributed by atoms with Gasteiger partial charge in [0.2, 0.25) is 5.95 Å². The van der Waals surface area contributed by atoms with Crippen molar-refractivity contribution >= 4 is 23.2 Å². The lowest BCUT2D eigenvalue weighted by Gasteiger charge is -1.91. The monoisotopic (exact) mass is 169 g/mol. The third-order valence-electron chi connectivity index (χ3n) is 1.25. The molecule has 0 amide bonds. The van der Waals surface area contributed by atoms with E-state index in [1.165, 1.54) is 4.52 Å². The standard InChI is InChI=1S/C5H4ClN5/c6-3-1-2-4-8-9-5(7)11(4)10-3/h1-2H,(H2,7,9). The Hall–Kier alpha value is -1.36. The summed E-state index contributed by atoms with van der Waals surface area (Å²) in [5, 5.41) is 11.6. The molecule has 0 atom stereocenters. The van der Waals surface area contributed by atoms with E-state index in [0.717, 1.165) is 0 Å². The first-order valence-corrected chi connectivity index (χ1v) is 3.28. The molecular weight excluding hydrogens is 166 g/mol. The second-order valence-corrected chi connectivity index (χ2v) is 2.37. The fourth-order valence-electron chi connectivity index (χ4n) is 0.783. The zero-order valence-electron chi connectivity index (χ0n) is 5.40. The van der Waals surface area contributed by atoms with E-state index in [4.69, 9.17) is 17.3 Å². The number of hydrogen-bond acceptors (Lipinski definition) is 4. The molecule has 6 heteroatoms. The Morgan fingerprint density at radius 2 is 2.18 bits per heavy atom. The first kappa shape index (κ1) is 6.36. The van der Waals surface area contributed by atoms with Crippen LogP contribution in [0.1, 0.15) is 0 Å². The predicted octanol–water partition coefficient (Wildman–Crippen LogP) is 0.360. The van der Waals surface area contributed by atoms with Crippen LogP contribution in [0.5, 0.6) is 0 Å². The van der Waals surface area contributed by atoms with Crippen molar-refractivity contribution in [1.82, 2.24) is 19.8 Å². The Kier molecular flexibility index (Phi) is 1.19. The van der Waals surface area contributed by atoms with Crippen LogP contribution in [-0.2, 0) is 0 Å². The van der Waals surface area contributed by atoms with Crippen molar-refractivity contribution in [2.45, 2.75) is 0 Å². The van der Waals surface area contributed by atoms with Crippen LogP contribution in [0.3, 0.4) is 0 Å². The highest BCUT2D eigenvalue weighted by Crippen LogP contribution is 2.07. The van der Waals surface area contributed by atoms with E-state index in [1.54, 1.807) is 12.1 Å². The maximum absolute atomic E-state index is 5.60. The molecule has 0 spiro atoms. The van der Waals surface area contributed by atoms with Crippen LogP contribution >= 0.6 is 11.6 Å². The lowest BCUT2D eigenvalue weighted by Crippen LogP contribution is -1.97. The van der Waals surface area contributed by atoms with E-state index < -0.39 is 0 Å². The third kappa shape index (κ3) is 0.894. The number of fused-ring (bicyclic) bond motifs is 1. The minimum absolute atomic E-state index is 0.238. The highest BCUT2D eigenvalue weighted by molar-refractivity contribution is 6.29. The van der Waals surface area contributed by atoms with Crippen LogP contribution in [0.4, 0.5) is 5.95 Å². The van der Waals surface area contributed by atoms with Crippen LogP contribution in [0, 0.1) is 0 Å². The highest BCUT2D eigenvalue weighted by atomic mass is 35.5. The molecule has 0 aliphatic heterocycles. The first-order chi connectivity index (χ1) is 5.27. The maximum atomic E-state index is 5.60. The van der Waals surface area contributed by atoms with Crippen molar-refractivity contribution in [3.05, 3.63) is 17.3 Å². The predicted molar refractivity (Wildman–Crippen MR) is 40.2 cm³/mol. The molecular formula is C5H4ClN5. The topological polar surface area (TPSA) is 69.1 Å². The molecule has 2 aromatic heterocycles. The lowest BCUT2D eigenvalue weighted by atomic mass is 10.6. The number of rotatable bonds is 0. The van der Waals surface area contributed by atoms with Gasteiger partial charge in [-0.2, -0.15) is 9.61 Å². The highest BCUT2D eigenvalue weighted by Gasteiger charge is 2.01. The van der Waals surface area contributed by atoms with E-state index in [0.29, 0.717) is 10.8 Å². The molecule has 0 fully saturated rings. The molecule has 2 rings (SSSR count). The van der Waals surface area contributed by atoms with Crippen LogP contribution in [0.25, 0.3) is 5.65 Å². The number of hydrogen-bond donors (Lipinski definition) is 1. The van der Waals surface area contributed by atoms with Gasteiger partial charge in [-0.15, -0.1) is 10.2 Å². The summed E-state index contributed by atoms with van der Waals surface area (Å²) in [6, 6.07) is 3.32. The van der Waals surface area contributed by atoms with Crippen molar-refractivity contribution in [3.8, 4) is 0 Å². The van der Waals surface area contributed by atoms with E-state index >= 15 is 0 Å². The Bertz CT molecular complexity index is 395. The minimum atomic E-state index is 0.238. The molecule has 0 bridgehead atoms. The fourth-order valence-corrected chi connectivity index (χ4v) is 0.922. The average Bonchev–Trinajstić information content (AvgIpc) is 2.33. The molecule has 0 saturated carbocycles. The number of aromatic nitrogens is 4. The molecule has 56 valence electrons. The number of nitrogens with zero attached hydrogens (tertiary/aromatic N) is 4. The molecule has 11 heavy (non-hydrogen) atoms. The Morgan fingerprint density at radius 3 is 3.00 bits per heavy atom. The summed E-state index contributed by atoms with van der Waals surface area (Å²) in [7, 11) is 0. The fraction of sp³-hybridized carbons (Fsp3) is 0. The van der Waals surface area contributed by atoms with Crippen molar-refractivity contribution in [1.29, 1.82) is 0 Å². The largest absolute Gasteiger partial charge is 0.366 e. The molecule has 0 unspecified atom stereocenters. The van der Waals surface area contributed by atoms with Crippen molar-refractivity contribution in [2.75, 3.05) is 5.73 Å². The summed E-state index contributed by atoms with van der Waals surface area (Å²) in [5.41, 5.74) is 6.00. The third-order valence-corrected chi connectivity index (χ3v) is 1.46. The normalized spacial score (nSPS) is 10.6. The Labute approximate surface area is 66.8 Å². The van der Waals surface area contributed by atoms with Crippen molar-refractivity contribution in [3.63, 3.8) is 0 Å². The molecule has 0 radical (unpaired) electrons. The minimum Gasteiger partial charge on any atom is -0.366 e. The van der Waals surface area contributed by atoms with Gasteiger partial charge in [0, 0.05) is 0 Å². The molecule has 0 aliphatic carbocycles. The molecule has 2 N–H and O–H groups in total. The lowest BCUT2D eigenvalue weighted by molar-refractivity contribution is 0.940. The Morgan fingerprint density at radius 1 is 1.36 bits per heavy atom. The van der Waals surface area contributed by atoms with Gasteiger partial charge in [-0.3, -0.25) is 0 Å². The van der Waals surface area contributed by atoms with Gasteiger partial charge in [0.1, 0.15) is 5.15 Å². The van der Waals surface area contributed by atoms with E-state index in [9.17, 15) is 0 Å². The van der Waals surface area contributed by atoms with Crippen molar-refractivity contribution < 1.29 is 0 Å². The van der Waals surface area contributed by atoms with Gasteiger partial charge in [0.25, 0.3) is 0 Å². The number of nitrogen functional groups attached to an aromatic ring is 1. The first-order valence-electron chi connectivity index (χ1n) is 2.91. The number of nitrogens with two attached hydrogens (primary N) is 1. The van der Waals surface area contributed by atoms with Gasteiger partial charge >= 0.3 is 0 Å². The van der Waals surface area contributed by atoms with E-state index in [1.807, 2.05) is 0 Å². The summed E-state index contributed by atoms with van der Waals surface area (Å²) in [6.45, 7) is 0. The molecule has 0 aromatic carbocycles. The zero-order valence-corrected chi connectivity index (χ0v) is 6.15. The second-order valence-electron chi connectivity index (χ2n) is 1.98. The summed E-state index contributed by atoms with van der Waals surface area (Å²) in [4.78, 5) is 0. The quantitative estimate of drug-likeness (QED) is 0.618. The van der Waals surface area contributed by atoms with Crippen LogP contribution in [0.15, 0.2) is 12.1 Å². The second kappa shape index (κ2) is 2.06. The van der Waals surface area contributed by atoms with Crippen molar-refractivity contribution in [2.24, 2.45) is 0 Å². The van der Waals surface area contributed by atoms with E-state index in [2.05, 4.69) is 15.3 Å². The summed E-state index contributed by atoms with van der Waals surface area (Å²) in [6.07, 6.45) is 0. The van der Waals surface area contributed by atoms with Gasteiger partial charge < -0.3 is 5.73 Å². The van der Waals surface area contributed by atoms with Gasteiger partial charge in [-0.05, 0) is 12.1 Å². The van der Waals surface area contributed by atoms with Crippen LogP contribution < -0.4 is 5.73 Å². The number of halogens is 1. The van der Waals surface area contributed by atoms with Gasteiger partial charge in [0.05, 0.1) is 0 Å². The SMILES string of the molecule is Nc1nnc2ccc(Cl)nn12. The maximum Gasteiger partial charge on any atom is 0.243 e.